The van der Waals surface area contributed by atoms with E-state index in [2.05, 4.69) is 0 Å². The van der Waals surface area contributed by atoms with E-state index < -0.39 is 5.41 Å². The first-order valence-electron chi connectivity index (χ1n) is 8.52. The molecule has 0 radical (unpaired) electrons. The molecule has 0 bridgehead atoms. The summed E-state index contributed by atoms with van der Waals surface area (Å²) >= 11 is 0. The number of rotatable bonds is 10. The Labute approximate surface area is 147 Å². The van der Waals surface area contributed by atoms with Crippen molar-refractivity contribution in [3.05, 3.63) is 48.6 Å². The minimum Gasteiger partial charge on any atom is -0.396 e. The Morgan fingerprint density at radius 3 is 1.12 bits per heavy atom. The average molecular weight is 341 g/mol. The lowest BCUT2D eigenvalue weighted by Gasteiger charge is -2.24. The summed E-state index contributed by atoms with van der Waals surface area (Å²) in [6, 6.07) is 0. The molecule has 4 nitrogen and oxygen atoms in total. The molecule has 3 N–H and O–H groups in total. The van der Waals surface area contributed by atoms with Crippen molar-refractivity contribution in [3.8, 4) is 0 Å². The van der Waals surface area contributed by atoms with Crippen molar-refractivity contribution < 1.29 is 20.1 Å². The Balaban J connectivity index is 0. The van der Waals surface area contributed by atoms with Crippen LogP contribution in [0.4, 0.5) is 0 Å². The van der Waals surface area contributed by atoms with Crippen molar-refractivity contribution in [2.75, 3.05) is 19.8 Å². The third kappa shape index (κ3) is 11.4. The van der Waals surface area contributed by atoms with E-state index >= 15 is 0 Å². The lowest BCUT2D eigenvalue weighted by atomic mass is 9.88. The molecule has 0 aliphatic rings. The third-order valence-electron chi connectivity index (χ3n) is 3.60. The van der Waals surface area contributed by atoms with Gasteiger partial charge in [0.25, 0.3) is 0 Å². The van der Waals surface area contributed by atoms with E-state index in [1.165, 1.54) is 0 Å². The van der Waals surface area contributed by atoms with Crippen molar-refractivity contribution in [1.82, 2.24) is 0 Å². The van der Waals surface area contributed by atoms with Gasteiger partial charge in [-0.25, -0.2) is 0 Å². The molecule has 0 saturated carbocycles. The van der Waals surface area contributed by atoms with Gasteiger partial charge in [0.1, 0.15) is 0 Å². The van der Waals surface area contributed by atoms with Crippen molar-refractivity contribution in [3.63, 3.8) is 0 Å². The summed E-state index contributed by atoms with van der Waals surface area (Å²) in [5.41, 5.74) is -0.667. The van der Waals surface area contributed by atoms with Crippen molar-refractivity contribution in [2.45, 2.75) is 53.2 Å². The van der Waals surface area contributed by atoms with Crippen LogP contribution in [0.2, 0.25) is 0 Å². The normalized spacial score (nSPS) is 13.1. The first-order chi connectivity index (χ1) is 11.5. The summed E-state index contributed by atoms with van der Waals surface area (Å²) in [4.78, 5) is 0. The summed E-state index contributed by atoms with van der Waals surface area (Å²) in [7, 11) is 0. The lowest BCUT2D eigenvalue weighted by Crippen LogP contribution is -2.32. The molecule has 0 fully saturated rings. The maximum absolute atomic E-state index is 8.66. The molecule has 0 saturated heterocycles. The van der Waals surface area contributed by atoms with Gasteiger partial charge < -0.3 is 20.1 Å². The summed E-state index contributed by atoms with van der Waals surface area (Å²) in [6.07, 6.45) is 16.9. The number of hydrogen-bond acceptors (Lipinski definition) is 4. The van der Waals surface area contributed by atoms with Crippen LogP contribution < -0.4 is 0 Å². The van der Waals surface area contributed by atoms with Crippen LogP contribution >= 0.6 is 0 Å². The average Bonchev–Trinajstić information content (AvgIpc) is 2.59. The van der Waals surface area contributed by atoms with Gasteiger partial charge in [-0.1, -0.05) is 55.5 Å². The Kier molecular flexibility index (Phi) is 17.4. The number of ether oxygens (including phenoxy) is 1. The molecule has 0 aromatic carbocycles. The Morgan fingerprint density at radius 1 is 0.708 bits per heavy atom. The van der Waals surface area contributed by atoms with Crippen LogP contribution in [0.5, 0.6) is 0 Å². The third-order valence-corrected chi connectivity index (χ3v) is 3.60. The fourth-order valence-corrected chi connectivity index (χ4v) is 1.74. The molecule has 24 heavy (non-hydrogen) atoms. The van der Waals surface area contributed by atoms with Crippen LogP contribution in [0.25, 0.3) is 0 Å². The van der Waals surface area contributed by atoms with Gasteiger partial charge in [-0.15, -0.1) is 0 Å². The van der Waals surface area contributed by atoms with Gasteiger partial charge in [0, 0.05) is 5.41 Å². The minimum atomic E-state index is -0.667. The molecular weight excluding hydrogens is 304 g/mol. The van der Waals surface area contributed by atoms with Gasteiger partial charge in [0.05, 0.1) is 32.0 Å². The van der Waals surface area contributed by atoms with Gasteiger partial charge in [0.2, 0.25) is 0 Å². The first kappa shape index (κ1) is 25.0. The highest BCUT2D eigenvalue weighted by Crippen LogP contribution is 2.18. The van der Waals surface area contributed by atoms with Crippen molar-refractivity contribution in [2.24, 2.45) is 5.41 Å². The van der Waals surface area contributed by atoms with Crippen LogP contribution in [0, 0.1) is 5.41 Å². The summed E-state index contributed by atoms with van der Waals surface area (Å²) < 4.78 is 5.86. The highest BCUT2D eigenvalue weighted by Gasteiger charge is 2.24. The van der Waals surface area contributed by atoms with Gasteiger partial charge in [-0.2, -0.15) is 0 Å². The fraction of sp³-hybridized carbons (Fsp3) is 0.600. The van der Waals surface area contributed by atoms with E-state index in [-0.39, 0.29) is 32.0 Å². The van der Waals surface area contributed by atoms with E-state index in [0.29, 0.717) is 6.42 Å². The molecule has 0 aliphatic carbocycles. The fourth-order valence-electron chi connectivity index (χ4n) is 1.74. The van der Waals surface area contributed by atoms with Crippen LogP contribution in [-0.2, 0) is 4.74 Å². The summed E-state index contributed by atoms with van der Waals surface area (Å²) in [6.45, 7) is 9.35. The SMILES string of the molecule is C/C=C\C(/C=C\C)OC(/C=C\C)/C=C\C.CCC(CO)(CO)CO. The molecule has 0 aliphatic heterocycles. The van der Waals surface area contributed by atoms with E-state index in [9.17, 15) is 0 Å². The molecule has 0 spiro atoms. The molecule has 0 heterocycles. The number of aliphatic hydroxyl groups is 3. The largest absolute Gasteiger partial charge is 0.396 e. The van der Waals surface area contributed by atoms with E-state index in [0.717, 1.165) is 0 Å². The molecule has 0 amide bonds. The summed E-state index contributed by atoms with van der Waals surface area (Å²) in [5.74, 6) is 0. The van der Waals surface area contributed by atoms with Crippen molar-refractivity contribution >= 4 is 0 Å². The standard InChI is InChI=1S/C14H22O.C6H14O3/c1-5-9-13(10-6-2)15-14(11-7-3)12-8-4;1-2-6(3-7,4-8)5-9/h5-14H,1-4H3;7-9H,2-5H2,1H3/b9-5-,10-6-,11-7-,12-8-;. The first-order valence-corrected chi connectivity index (χ1v) is 8.52. The van der Waals surface area contributed by atoms with Crippen LogP contribution in [0.1, 0.15) is 41.0 Å². The molecule has 140 valence electrons. The molecule has 4 heteroatoms. The smallest absolute Gasteiger partial charge is 0.0949 e. The number of hydrogen-bond donors (Lipinski definition) is 3. The number of aliphatic hydroxyl groups excluding tert-OH is 3. The lowest BCUT2D eigenvalue weighted by molar-refractivity contribution is 0.00304. The maximum Gasteiger partial charge on any atom is 0.0949 e. The Bertz CT molecular complexity index is 312. The predicted octanol–water partition coefficient (Wildman–Crippen LogP) is 3.40. The monoisotopic (exact) mass is 340 g/mol. The van der Waals surface area contributed by atoms with Gasteiger partial charge in [-0.05, 0) is 34.1 Å². The highest BCUT2D eigenvalue weighted by molar-refractivity contribution is 5.06. The maximum atomic E-state index is 8.66. The van der Waals surface area contributed by atoms with Crippen LogP contribution in [-0.4, -0.2) is 47.3 Å². The van der Waals surface area contributed by atoms with Gasteiger partial charge in [0.15, 0.2) is 0 Å². The molecule has 0 unspecified atom stereocenters. The zero-order chi connectivity index (χ0) is 18.8. The second kappa shape index (κ2) is 16.7. The van der Waals surface area contributed by atoms with Crippen LogP contribution in [0.3, 0.4) is 0 Å². The second-order valence-electron chi connectivity index (χ2n) is 5.50. The minimum absolute atomic E-state index is 0.0531. The Morgan fingerprint density at radius 2 is 1.00 bits per heavy atom. The molecule has 0 aromatic heterocycles. The van der Waals surface area contributed by atoms with Crippen LogP contribution in [0.15, 0.2) is 48.6 Å². The highest BCUT2D eigenvalue weighted by atomic mass is 16.5. The second-order valence-corrected chi connectivity index (χ2v) is 5.50. The zero-order valence-corrected chi connectivity index (χ0v) is 15.9. The number of allylic oxidation sites excluding steroid dienone is 4. The zero-order valence-electron chi connectivity index (χ0n) is 15.9. The van der Waals surface area contributed by atoms with Gasteiger partial charge in [-0.3, -0.25) is 0 Å². The molecular formula is C20H36O4. The summed E-state index contributed by atoms with van der Waals surface area (Å²) in [5, 5.41) is 26.0. The van der Waals surface area contributed by atoms with E-state index in [1.807, 2.05) is 83.2 Å². The Hall–Kier alpha value is -1.20. The van der Waals surface area contributed by atoms with Crippen molar-refractivity contribution in [1.29, 1.82) is 0 Å². The molecule has 0 rings (SSSR count). The molecule has 0 atom stereocenters. The molecule has 0 aromatic rings. The quantitative estimate of drug-likeness (QED) is 0.533. The van der Waals surface area contributed by atoms with E-state index in [1.54, 1.807) is 0 Å². The topological polar surface area (TPSA) is 69.9 Å². The van der Waals surface area contributed by atoms with E-state index in [4.69, 9.17) is 20.1 Å². The predicted molar refractivity (Wildman–Crippen MR) is 102 cm³/mol. The van der Waals surface area contributed by atoms with Gasteiger partial charge >= 0.3 is 0 Å².